The smallest absolute Gasteiger partial charge is 0.256 e. The molecule has 3 aromatic rings. The van der Waals surface area contributed by atoms with Gasteiger partial charge in [0, 0.05) is 57.5 Å². The summed E-state index contributed by atoms with van der Waals surface area (Å²) in [5.41, 5.74) is 5.14. The van der Waals surface area contributed by atoms with Gasteiger partial charge < -0.3 is 15.5 Å². The lowest BCUT2D eigenvalue weighted by molar-refractivity contribution is -0.145. The molecule has 9 nitrogen and oxygen atoms in total. The first kappa shape index (κ1) is 27.4. The van der Waals surface area contributed by atoms with Crippen LogP contribution in [0.5, 0.6) is 0 Å². The topological polar surface area (TPSA) is 85.7 Å². The second kappa shape index (κ2) is 12.2. The van der Waals surface area contributed by atoms with Crippen LogP contribution in [0.15, 0.2) is 42.6 Å². The molecule has 194 valence electrons. The third-order valence-corrected chi connectivity index (χ3v) is 6.42. The zero-order valence-electron chi connectivity index (χ0n) is 21.5. The monoisotopic (exact) mass is 513 g/mol. The predicted octanol–water partition coefficient (Wildman–Crippen LogP) is 2.22. The summed E-state index contributed by atoms with van der Waals surface area (Å²) in [6.45, 7) is 7.70. The van der Waals surface area contributed by atoms with E-state index in [4.69, 9.17) is 0 Å². The van der Waals surface area contributed by atoms with E-state index in [9.17, 15) is 9.59 Å². The maximum absolute atomic E-state index is 13.4. The lowest BCUT2D eigenvalue weighted by atomic mass is 10.1. The summed E-state index contributed by atoms with van der Waals surface area (Å²) in [7, 11) is 3.69. The van der Waals surface area contributed by atoms with Crippen LogP contribution in [-0.2, 0) is 29.7 Å². The Bertz CT molecular complexity index is 1190. The highest BCUT2D eigenvalue weighted by molar-refractivity contribution is 5.90. The summed E-state index contributed by atoms with van der Waals surface area (Å²) < 4.78 is 1.77. The fourth-order valence-electron chi connectivity index (χ4n) is 4.51. The highest BCUT2D eigenvalue weighted by atomic mass is 35.5. The molecule has 0 aliphatic carbocycles. The Morgan fingerprint density at radius 3 is 2.44 bits per heavy atom. The number of amides is 2. The van der Waals surface area contributed by atoms with Crippen molar-refractivity contribution < 1.29 is 9.59 Å². The molecule has 1 aliphatic heterocycles. The van der Waals surface area contributed by atoms with Gasteiger partial charge >= 0.3 is 0 Å². The van der Waals surface area contributed by atoms with Gasteiger partial charge in [0.1, 0.15) is 0 Å². The van der Waals surface area contributed by atoms with Gasteiger partial charge in [-0.2, -0.15) is 5.10 Å². The lowest BCUT2D eigenvalue weighted by Crippen LogP contribution is -2.48. The average Bonchev–Trinajstić information content (AvgIpc) is 3.42. The second-order valence-electron chi connectivity index (χ2n) is 9.07. The number of carbonyl (C=O) groups excluding carboxylic acids is 2. The quantitative estimate of drug-likeness (QED) is 0.404. The largest absolute Gasteiger partial charge is 0.353 e. The van der Waals surface area contributed by atoms with Crippen LogP contribution in [0.25, 0.3) is 10.9 Å². The van der Waals surface area contributed by atoms with Crippen molar-refractivity contribution in [3.05, 3.63) is 59.3 Å². The average molecular weight is 514 g/mol. The van der Waals surface area contributed by atoms with E-state index in [2.05, 4.69) is 33.9 Å². The number of nitrogens with zero attached hydrogens (tertiary/aromatic N) is 5. The van der Waals surface area contributed by atoms with Crippen LogP contribution in [0, 0.1) is 6.92 Å². The predicted molar refractivity (Wildman–Crippen MR) is 145 cm³/mol. The molecule has 0 fully saturated rings. The van der Waals surface area contributed by atoms with E-state index >= 15 is 0 Å². The van der Waals surface area contributed by atoms with Crippen molar-refractivity contribution >= 4 is 40.8 Å². The molecule has 0 spiro atoms. The third kappa shape index (κ3) is 6.34. The minimum atomic E-state index is -0.118. The second-order valence-corrected chi connectivity index (χ2v) is 9.07. The van der Waals surface area contributed by atoms with Crippen LogP contribution in [0.3, 0.4) is 0 Å². The van der Waals surface area contributed by atoms with Gasteiger partial charge in [-0.05, 0) is 42.3 Å². The summed E-state index contributed by atoms with van der Waals surface area (Å²) in [5, 5.41) is 15.4. The molecule has 4 rings (SSSR count). The summed E-state index contributed by atoms with van der Waals surface area (Å²) in [6.07, 6.45) is 1.97. The van der Waals surface area contributed by atoms with E-state index < -0.39 is 0 Å². The van der Waals surface area contributed by atoms with Crippen molar-refractivity contribution in [2.24, 2.45) is 7.05 Å². The first-order chi connectivity index (χ1) is 16.9. The van der Waals surface area contributed by atoms with Gasteiger partial charge in [-0.1, -0.05) is 31.2 Å². The van der Waals surface area contributed by atoms with Gasteiger partial charge in [0.2, 0.25) is 5.91 Å². The molecule has 0 saturated carbocycles. The highest BCUT2D eigenvalue weighted by Crippen LogP contribution is 2.27. The number of aryl methyl sites for hydroxylation is 2. The molecule has 0 bridgehead atoms. The number of rotatable bonds is 10. The van der Waals surface area contributed by atoms with E-state index in [0.717, 1.165) is 28.7 Å². The Morgan fingerprint density at radius 1 is 1.08 bits per heavy atom. The maximum atomic E-state index is 13.4. The van der Waals surface area contributed by atoms with Gasteiger partial charge in [0.25, 0.3) is 5.91 Å². The molecule has 0 atom stereocenters. The Kier molecular flexibility index (Phi) is 9.31. The number of carbonyl (C=O) groups is 2. The first-order valence-corrected chi connectivity index (χ1v) is 12.1. The molecular formula is C26H36ClN7O2. The summed E-state index contributed by atoms with van der Waals surface area (Å²) in [6, 6.07) is 12.3. The van der Waals surface area contributed by atoms with Crippen molar-refractivity contribution in [1.82, 2.24) is 30.4 Å². The number of hydrogen-bond acceptors (Lipinski definition) is 6. The first-order valence-electron chi connectivity index (χ1n) is 12.1. The number of fused-ring (bicyclic) bond motifs is 2. The molecule has 0 radical (unpaired) electrons. The number of halogens is 1. The molecule has 2 amide bonds. The van der Waals surface area contributed by atoms with Gasteiger partial charge in [-0.3, -0.25) is 19.3 Å². The molecule has 0 saturated heterocycles. The van der Waals surface area contributed by atoms with Crippen LogP contribution in [0.2, 0.25) is 0 Å². The molecule has 2 heterocycles. The van der Waals surface area contributed by atoms with Crippen LogP contribution >= 0.6 is 12.4 Å². The maximum Gasteiger partial charge on any atom is 0.256 e. The third-order valence-electron chi connectivity index (χ3n) is 6.42. The molecule has 1 aromatic heterocycles. The minimum Gasteiger partial charge on any atom is -0.353 e. The van der Waals surface area contributed by atoms with Crippen LogP contribution in [-0.4, -0.2) is 71.4 Å². The van der Waals surface area contributed by atoms with Gasteiger partial charge in [-0.25, -0.2) is 5.01 Å². The number of hydrogen-bond donors (Lipinski definition) is 2. The molecule has 2 aromatic carbocycles. The SMILES string of the molecule is CCNCCNC(=O)CN(CC(=O)N(C)N1Cc2ccccc2C1)c1cc2nn(C)cc2cc1C.Cl. The van der Waals surface area contributed by atoms with Crippen molar-refractivity contribution in [3.8, 4) is 0 Å². The molecular weight excluding hydrogens is 478 g/mol. The zero-order valence-corrected chi connectivity index (χ0v) is 22.3. The Balaban J connectivity index is 0.00000361. The molecule has 0 unspecified atom stereocenters. The van der Waals surface area contributed by atoms with E-state index in [1.165, 1.54) is 11.1 Å². The Labute approximate surface area is 218 Å². The lowest BCUT2D eigenvalue weighted by Gasteiger charge is -2.32. The Hall–Kier alpha value is -3.14. The van der Waals surface area contributed by atoms with Crippen molar-refractivity contribution in [1.29, 1.82) is 0 Å². The van der Waals surface area contributed by atoms with Crippen LogP contribution < -0.4 is 15.5 Å². The van der Waals surface area contributed by atoms with Crippen molar-refractivity contribution in [3.63, 3.8) is 0 Å². The normalized spacial score (nSPS) is 12.8. The van der Waals surface area contributed by atoms with E-state index in [-0.39, 0.29) is 37.3 Å². The molecule has 1 aliphatic rings. The van der Waals surface area contributed by atoms with Gasteiger partial charge in [0.15, 0.2) is 0 Å². The van der Waals surface area contributed by atoms with E-state index in [1.54, 1.807) is 16.7 Å². The summed E-state index contributed by atoms with van der Waals surface area (Å²) >= 11 is 0. The van der Waals surface area contributed by atoms with Gasteiger partial charge in [-0.15, -0.1) is 12.4 Å². The minimum absolute atomic E-state index is 0. The van der Waals surface area contributed by atoms with E-state index in [0.29, 0.717) is 26.2 Å². The zero-order chi connectivity index (χ0) is 24.9. The van der Waals surface area contributed by atoms with Crippen molar-refractivity contribution in [2.75, 3.05) is 44.7 Å². The Morgan fingerprint density at radius 2 is 1.78 bits per heavy atom. The fourth-order valence-corrected chi connectivity index (χ4v) is 4.51. The summed E-state index contributed by atoms with van der Waals surface area (Å²) in [5.74, 6) is -0.189. The number of anilines is 1. The summed E-state index contributed by atoms with van der Waals surface area (Å²) in [4.78, 5) is 28.1. The standard InChI is InChI=1S/C26H35N7O2.ClH/c1-5-27-10-11-28-25(34)17-32(24-13-23-22(12-19(24)2)14-30(3)29-23)18-26(35)31(4)33-15-20-8-6-7-9-21(20)16-33;/h6-9,12-14,27H,5,10-11,15-18H2,1-4H3,(H,28,34);1H. The molecule has 36 heavy (non-hydrogen) atoms. The number of nitrogens with one attached hydrogen (secondary N) is 2. The number of aromatic nitrogens is 2. The number of hydrazine groups is 1. The van der Waals surface area contributed by atoms with Crippen LogP contribution in [0.1, 0.15) is 23.6 Å². The number of benzene rings is 2. The van der Waals surface area contributed by atoms with Gasteiger partial charge in [0.05, 0.1) is 18.6 Å². The number of likely N-dealkylation sites (N-methyl/N-ethyl adjacent to an activating group) is 2. The molecule has 10 heteroatoms. The van der Waals surface area contributed by atoms with Crippen molar-refractivity contribution in [2.45, 2.75) is 26.9 Å². The van der Waals surface area contributed by atoms with E-state index in [1.807, 2.05) is 55.2 Å². The highest BCUT2D eigenvalue weighted by Gasteiger charge is 2.27. The molecule has 2 N–H and O–H groups in total. The van der Waals surface area contributed by atoms with Crippen LogP contribution in [0.4, 0.5) is 5.69 Å². The fraction of sp³-hybridized carbons (Fsp3) is 0.423.